The Kier molecular flexibility index (Phi) is 7.00. The van der Waals surface area contributed by atoms with Crippen molar-refractivity contribution in [1.29, 1.82) is 0 Å². The minimum atomic E-state index is -0.602. The van der Waals surface area contributed by atoms with E-state index in [2.05, 4.69) is 10.6 Å². The lowest BCUT2D eigenvalue weighted by molar-refractivity contribution is -0.129. The summed E-state index contributed by atoms with van der Waals surface area (Å²) in [6.45, 7) is 8.41. The predicted molar refractivity (Wildman–Crippen MR) is 83.7 cm³/mol. The molecule has 0 bridgehead atoms. The smallest absolute Gasteiger partial charge is 0.407 e. The lowest BCUT2D eigenvalue weighted by Crippen LogP contribution is -2.36. The maximum absolute atomic E-state index is 11.9. The largest absolute Gasteiger partial charge is 0.444 e. The van der Waals surface area contributed by atoms with Crippen molar-refractivity contribution >= 4 is 17.7 Å². The van der Waals surface area contributed by atoms with Crippen molar-refractivity contribution in [2.75, 3.05) is 13.1 Å². The molecule has 1 heterocycles. The van der Waals surface area contributed by atoms with Gasteiger partial charge < -0.3 is 15.4 Å². The molecule has 1 amide bonds. The summed E-state index contributed by atoms with van der Waals surface area (Å²) in [5.41, 5.74) is -0.492. The first-order valence-electron chi connectivity index (χ1n) is 7.97. The first-order valence-corrected chi connectivity index (χ1v) is 7.97. The van der Waals surface area contributed by atoms with Crippen molar-refractivity contribution in [3.05, 3.63) is 0 Å². The predicted octanol–water partition coefficient (Wildman–Crippen LogP) is 1.82. The fraction of sp³-hybridized carbons (Fsp3) is 0.812. The monoisotopic (exact) mass is 312 g/mol. The maximum Gasteiger partial charge on any atom is 0.407 e. The third-order valence-electron chi connectivity index (χ3n) is 3.49. The Balaban J connectivity index is 2.07. The van der Waals surface area contributed by atoms with Gasteiger partial charge in [-0.05, 0) is 33.6 Å². The highest BCUT2D eigenvalue weighted by Crippen LogP contribution is 2.12. The van der Waals surface area contributed by atoms with Gasteiger partial charge in [0.15, 0.2) is 11.6 Å². The molecule has 1 rings (SSSR count). The number of ether oxygens (including phenoxy) is 1. The van der Waals surface area contributed by atoms with E-state index in [-0.39, 0.29) is 17.5 Å². The molecule has 0 radical (unpaired) electrons. The van der Waals surface area contributed by atoms with Gasteiger partial charge in [-0.3, -0.25) is 9.59 Å². The van der Waals surface area contributed by atoms with E-state index < -0.39 is 17.7 Å². The van der Waals surface area contributed by atoms with Crippen LogP contribution in [0.4, 0.5) is 4.79 Å². The summed E-state index contributed by atoms with van der Waals surface area (Å²) in [6.07, 6.45) is 2.34. The standard InChI is InChI=1S/C16H28N2O4/c1-11-10-18-13(14(11)20)12(19)8-6-5-7-9-17-15(21)22-16(2,3)4/h11,13,18H,5-10H2,1-4H3,(H,17,21)/t11?,13-/m0/s1. The van der Waals surface area contributed by atoms with Gasteiger partial charge in [-0.25, -0.2) is 4.79 Å². The Hall–Kier alpha value is -1.43. The van der Waals surface area contributed by atoms with Crippen LogP contribution in [0.2, 0.25) is 0 Å². The molecular weight excluding hydrogens is 284 g/mol. The zero-order chi connectivity index (χ0) is 16.8. The molecule has 2 N–H and O–H groups in total. The van der Waals surface area contributed by atoms with Gasteiger partial charge >= 0.3 is 6.09 Å². The lowest BCUT2D eigenvalue weighted by atomic mass is 9.99. The Morgan fingerprint density at radius 1 is 1.27 bits per heavy atom. The average molecular weight is 312 g/mol. The maximum atomic E-state index is 11.9. The fourth-order valence-corrected chi connectivity index (χ4v) is 2.30. The zero-order valence-electron chi connectivity index (χ0n) is 14.0. The number of Topliss-reactive ketones (excluding diaryl/α,β-unsaturated/α-hetero) is 2. The average Bonchev–Trinajstić information content (AvgIpc) is 2.72. The number of carbonyl (C=O) groups is 3. The van der Waals surface area contributed by atoms with E-state index in [9.17, 15) is 14.4 Å². The highest BCUT2D eigenvalue weighted by molar-refractivity contribution is 6.08. The van der Waals surface area contributed by atoms with Crippen LogP contribution in [0.1, 0.15) is 53.4 Å². The van der Waals surface area contributed by atoms with Crippen molar-refractivity contribution in [1.82, 2.24) is 10.6 Å². The fourth-order valence-electron chi connectivity index (χ4n) is 2.30. The molecule has 0 spiro atoms. The Labute approximate surface area is 132 Å². The van der Waals surface area contributed by atoms with Gasteiger partial charge in [0.2, 0.25) is 0 Å². The number of carbonyl (C=O) groups excluding carboxylic acids is 3. The van der Waals surface area contributed by atoms with Crippen molar-refractivity contribution in [2.45, 2.75) is 65.0 Å². The molecule has 1 unspecified atom stereocenters. The van der Waals surface area contributed by atoms with Crippen LogP contribution >= 0.6 is 0 Å². The minimum absolute atomic E-state index is 0.0107. The number of nitrogens with one attached hydrogen (secondary N) is 2. The molecule has 0 aliphatic carbocycles. The Morgan fingerprint density at radius 2 is 1.95 bits per heavy atom. The van der Waals surface area contributed by atoms with Crippen LogP contribution in [0, 0.1) is 5.92 Å². The highest BCUT2D eigenvalue weighted by Gasteiger charge is 2.34. The second-order valence-electron chi connectivity index (χ2n) is 6.85. The van der Waals surface area contributed by atoms with Crippen molar-refractivity contribution < 1.29 is 19.1 Å². The van der Waals surface area contributed by atoms with E-state index in [0.717, 1.165) is 19.3 Å². The summed E-state index contributed by atoms with van der Waals surface area (Å²) < 4.78 is 5.12. The third kappa shape index (κ3) is 6.56. The molecule has 1 saturated heterocycles. The van der Waals surface area contributed by atoms with Crippen LogP contribution in [-0.2, 0) is 14.3 Å². The summed E-state index contributed by atoms with van der Waals surface area (Å²) >= 11 is 0. The Bertz CT molecular complexity index is 415. The quantitative estimate of drug-likeness (QED) is 0.553. The molecule has 126 valence electrons. The molecule has 0 aromatic heterocycles. The lowest BCUT2D eigenvalue weighted by Gasteiger charge is -2.19. The number of hydrogen-bond acceptors (Lipinski definition) is 5. The van der Waals surface area contributed by atoms with Crippen LogP contribution in [0.3, 0.4) is 0 Å². The molecule has 0 saturated carbocycles. The van der Waals surface area contributed by atoms with Crippen LogP contribution in [0.25, 0.3) is 0 Å². The van der Waals surface area contributed by atoms with Crippen LogP contribution < -0.4 is 10.6 Å². The zero-order valence-corrected chi connectivity index (χ0v) is 14.0. The van der Waals surface area contributed by atoms with Gasteiger partial charge in [-0.1, -0.05) is 13.3 Å². The molecule has 0 aromatic carbocycles. The summed E-state index contributed by atoms with van der Waals surface area (Å²) in [6, 6.07) is -0.602. The van der Waals surface area contributed by atoms with Crippen molar-refractivity contribution in [3.8, 4) is 0 Å². The van der Waals surface area contributed by atoms with E-state index in [1.54, 1.807) is 0 Å². The van der Waals surface area contributed by atoms with Gasteiger partial charge in [0.25, 0.3) is 0 Å². The van der Waals surface area contributed by atoms with Crippen LogP contribution in [0.15, 0.2) is 0 Å². The normalized spacial score (nSPS) is 21.7. The van der Waals surface area contributed by atoms with E-state index in [1.807, 2.05) is 27.7 Å². The van der Waals surface area contributed by atoms with E-state index in [4.69, 9.17) is 4.74 Å². The summed E-state index contributed by atoms with van der Waals surface area (Å²) in [5.74, 6) is -0.0713. The summed E-state index contributed by atoms with van der Waals surface area (Å²) in [5, 5.41) is 5.65. The molecule has 6 nitrogen and oxygen atoms in total. The number of rotatable bonds is 7. The minimum Gasteiger partial charge on any atom is -0.444 e. The molecule has 6 heteroatoms. The van der Waals surface area contributed by atoms with Gasteiger partial charge in [0.05, 0.1) is 0 Å². The number of amides is 1. The van der Waals surface area contributed by atoms with Crippen LogP contribution in [-0.4, -0.2) is 42.4 Å². The van der Waals surface area contributed by atoms with E-state index in [0.29, 0.717) is 19.5 Å². The number of alkyl carbamates (subject to hydrolysis) is 1. The van der Waals surface area contributed by atoms with Crippen LogP contribution in [0.5, 0.6) is 0 Å². The number of hydrogen-bond donors (Lipinski definition) is 2. The van der Waals surface area contributed by atoms with Crippen molar-refractivity contribution in [3.63, 3.8) is 0 Å². The van der Waals surface area contributed by atoms with E-state index >= 15 is 0 Å². The topological polar surface area (TPSA) is 84.5 Å². The van der Waals surface area contributed by atoms with Gasteiger partial charge in [0, 0.05) is 25.4 Å². The molecule has 0 aromatic rings. The molecular formula is C16H28N2O4. The molecule has 1 fully saturated rings. The second kappa shape index (κ2) is 8.27. The summed E-state index contributed by atoms with van der Waals surface area (Å²) in [7, 11) is 0. The van der Waals surface area contributed by atoms with Gasteiger partial charge in [-0.15, -0.1) is 0 Å². The highest BCUT2D eigenvalue weighted by atomic mass is 16.6. The number of ketones is 2. The molecule has 1 aliphatic rings. The Morgan fingerprint density at radius 3 is 2.50 bits per heavy atom. The first kappa shape index (κ1) is 18.6. The number of unbranched alkanes of at least 4 members (excludes halogenated alkanes) is 2. The second-order valence-corrected chi connectivity index (χ2v) is 6.85. The molecule has 1 aliphatic heterocycles. The van der Waals surface area contributed by atoms with Gasteiger partial charge in [-0.2, -0.15) is 0 Å². The molecule has 22 heavy (non-hydrogen) atoms. The summed E-state index contributed by atoms with van der Waals surface area (Å²) in [4.78, 5) is 35.1. The molecule has 2 atom stereocenters. The third-order valence-corrected chi connectivity index (χ3v) is 3.49. The van der Waals surface area contributed by atoms with Gasteiger partial charge in [0.1, 0.15) is 11.6 Å². The van der Waals surface area contributed by atoms with E-state index in [1.165, 1.54) is 0 Å². The first-order chi connectivity index (χ1) is 10.2. The van der Waals surface area contributed by atoms with Crippen molar-refractivity contribution in [2.24, 2.45) is 5.92 Å². The SMILES string of the molecule is CC1CN[C@@H](C(=O)CCCCCNC(=O)OC(C)(C)C)C1=O.